The lowest BCUT2D eigenvalue weighted by molar-refractivity contribution is -0.385. The van der Waals surface area contributed by atoms with Crippen LogP contribution in [0.2, 0.25) is 5.02 Å². The van der Waals surface area contributed by atoms with Gasteiger partial charge in [-0.25, -0.2) is 0 Å². The molecule has 2 aromatic rings. The van der Waals surface area contributed by atoms with Crippen molar-refractivity contribution in [1.82, 2.24) is 0 Å². The van der Waals surface area contributed by atoms with Gasteiger partial charge in [0.1, 0.15) is 13.2 Å². The molecule has 0 amide bonds. The van der Waals surface area contributed by atoms with Gasteiger partial charge in [0, 0.05) is 26.9 Å². The molecule has 0 spiro atoms. The van der Waals surface area contributed by atoms with Crippen molar-refractivity contribution in [3.63, 3.8) is 0 Å². The quantitative estimate of drug-likeness (QED) is 0.532. The van der Waals surface area contributed by atoms with Crippen molar-refractivity contribution in [3.05, 3.63) is 55.2 Å². The number of hydrogen-bond donors (Lipinski definition) is 1. The molecule has 0 aliphatic heterocycles. The molecule has 1 aromatic heterocycles. The molecule has 0 unspecified atom stereocenters. The van der Waals surface area contributed by atoms with Crippen LogP contribution >= 0.6 is 22.9 Å². The van der Waals surface area contributed by atoms with Gasteiger partial charge in [-0.2, -0.15) is 0 Å². The average molecular weight is 324 g/mol. The molecule has 0 atom stereocenters. The first-order chi connectivity index (χ1) is 10.1. The Morgan fingerprint density at radius 2 is 2.24 bits per heavy atom. The predicted octanol–water partition coefficient (Wildman–Crippen LogP) is 3.23. The predicted molar refractivity (Wildman–Crippen MR) is 80.7 cm³/mol. The van der Waals surface area contributed by atoms with E-state index < -0.39 is 4.92 Å². The number of nitrogens with zero attached hydrogens (tertiary/aromatic N) is 1. The van der Waals surface area contributed by atoms with Gasteiger partial charge in [0.05, 0.1) is 4.92 Å². The zero-order valence-corrected chi connectivity index (χ0v) is 12.3. The number of nitro benzene ring substituents is 1. The summed E-state index contributed by atoms with van der Waals surface area (Å²) in [6.07, 6.45) is 0. The third-order valence-electron chi connectivity index (χ3n) is 2.45. The highest BCUT2D eigenvalue weighted by atomic mass is 35.5. The van der Waals surface area contributed by atoms with Crippen LogP contribution in [0.25, 0.3) is 0 Å². The fraction of sp³-hybridized carbons (Fsp3) is 0.143. The lowest BCUT2D eigenvalue weighted by Crippen LogP contribution is -1.97. The molecule has 0 aliphatic carbocycles. The largest absolute Gasteiger partial charge is 0.481 e. The van der Waals surface area contributed by atoms with Gasteiger partial charge in [-0.1, -0.05) is 23.4 Å². The van der Waals surface area contributed by atoms with Crippen molar-refractivity contribution in [2.24, 2.45) is 0 Å². The Morgan fingerprint density at radius 3 is 2.95 bits per heavy atom. The Morgan fingerprint density at radius 1 is 1.43 bits per heavy atom. The van der Waals surface area contributed by atoms with E-state index in [0.717, 1.165) is 10.4 Å². The highest BCUT2D eigenvalue weighted by molar-refractivity contribution is 7.10. The van der Waals surface area contributed by atoms with Crippen LogP contribution in [-0.4, -0.2) is 16.6 Å². The number of ether oxygens (including phenoxy) is 1. The first-order valence-corrected chi connectivity index (χ1v) is 7.10. The molecule has 21 heavy (non-hydrogen) atoms. The van der Waals surface area contributed by atoms with Gasteiger partial charge in [0.2, 0.25) is 0 Å². The Hall–Kier alpha value is -2.07. The first kappa shape index (κ1) is 15.3. The van der Waals surface area contributed by atoms with Crippen LogP contribution in [0, 0.1) is 22.0 Å². The van der Waals surface area contributed by atoms with Gasteiger partial charge in [-0.15, -0.1) is 11.3 Å². The van der Waals surface area contributed by atoms with Crippen LogP contribution in [0.4, 0.5) is 5.69 Å². The summed E-state index contributed by atoms with van der Waals surface area (Å²) in [5, 5.41) is 21.7. The second kappa shape index (κ2) is 7.09. The smallest absolute Gasteiger partial charge is 0.312 e. The summed E-state index contributed by atoms with van der Waals surface area (Å²) in [6.45, 7) is 0.00654. The van der Waals surface area contributed by atoms with E-state index in [-0.39, 0.29) is 29.7 Å². The third kappa shape index (κ3) is 4.20. The van der Waals surface area contributed by atoms with E-state index in [1.54, 1.807) is 0 Å². The molecule has 0 bridgehead atoms. The minimum Gasteiger partial charge on any atom is -0.481 e. The normalized spacial score (nSPS) is 9.81. The molecular weight excluding hydrogens is 314 g/mol. The van der Waals surface area contributed by atoms with Gasteiger partial charge < -0.3 is 9.84 Å². The zero-order valence-electron chi connectivity index (χ0n) is 10.7. The summed E-state index contributed by atoms with van der Waals surface area (Å²) in [7, 11) is 0. The molecule has 0 radical (unpaired) electrons. The molecule has 5 nitrogen and oxygen atoms in total. The van der Waals surface area contributed by atoms with Crippen LogP contribution in [0.1, 0.15) is 10.4 Å². The Kier molecular flexibility index (Phi) is 5.17. The average Bonchev–Trinajstić information content (AvgIpc) is 2.91. The van der Waals surface area contributed by atoms with E-state index in [1.807, 2.05) is 11.4 Å². The zero-order chi connectivity index (χ0) is 15.2. The Labute approximate surface area is 129 Å². The minimum atomic E-state index is -0.534. The molecule has 0 saturated heterocycles. The van der Waals surface area contributed by atoms with Crippen molar-refractivity contribution in [2.45, 2.75) is 6.61 Å². The van der Waals surface area contributed by atoms with Gasteiger partial charge in [-0.3, -0.25) is 10.1 Å². The number of benzene rings is 1. The van der Waals surface area contributed by atoms with Crippen molar-refractivity contribution in [2.75, 3.05) is 6.61 Å². The highest BCUT2D eigenvalue weighted by Gasteiger charge is 2.15. The van der Waals surface area contributed by atoms with Crippen LogP contribution in [0.3, 0.4) is 0 Å². The van der Waals surface area contributed by atoms with Crippen LogP contribution in [0.15, 0.2) is 29.6 Å². The standard InChI is InChI=1S/C14H10ClNO4S/c15-11-3-4-14(13(7-11)16(18)19)20-8-12-6-10(9-21-12)2-1-5-17/h3-4,6-7,9,17H,5,8H2. The third-order valence-corrected chi connectivity index (χ3v) is 3.60. The molecule has 0 fully saturated rings. The number of rotatable bonds is 4. The maximum absolute atomic E-state index is 10.9. The molecule has 7 heteroatoms. The van der Waals surface area contributed by atoms with Crippen molar-refractivity contribution in [3.8, 4) is 17.6 Å². The Bertz CT molecular complexity index is 717. The number of nitro groups is 1. The molecule has 1 heterocycles. The van der Waals surface area contributed by atoms with E-state index in [1.165, 1.54) is 29.5 Å². The SMILES string of the molecule is O=[N+]([O-])c1cc(Cl)ccc1OCc1cc(C#CCO)cs1. The second-order valence-corrected chi connectivity index (χ2v) is 5.35. The number of halogens is 1. The van der Waals surface area contributed by atoms with E-state index >= 15 is 0 Å². The van der Waals surface area contributed by atoms with Crippen LogP contribution in [-0.2, 0) is 6.61 Å². The second-order valence-electron chi connectivity index (χ2n) is 3.92. The first-order valence-electron chi connectivity index (χ1n) is 5.84. The fourth-order valence-corrected chi connectivity index (χ4v) is 2.46. The maximum atomic E-state index is 10.9. The lowest BCUT2D eigenvalue weighted by atomic mass is 10.3. The molecule has 1 N–H and O–H groups in total. The summed E-state index contributed by atoms with van der Waals surface area (Å²) in [5.41, 5.74) is 0.609. The summed E-state index contributed by atoms with van der Waals surface area (Å²) >= 11 is 7.17. The fourth-order valence-electron chi connectivity index (χ4n) is 1.57. The van der Waals surface area contributed by atoms with E-state index in [4.69, 9.17) is 21.4 Å². The molecule has 0 saturated carbocycles. The lowest BCUT2D eigenvalue weighted by Gasteiger charge is -2.05. The number of thiophene rings is 1. The molecule has 108 valence electrons. The summed E-state index contributed by atoms with van der Waals surface area (Å²) in [5.74, 6) is 5.50. The minimum absolute atomic E-state index is 0.167. The number of hydrogen-bond acceptors (Lipinski definition) is 5. The molecule has 0 aliphatic rings. The van der Waals surface area contributed by atoms with Crippen molar-refractivity contribution in [1.29, 1.82) is 0 Å². The van der Waals surface area contributed by atoms with Gasteiger partial charge in [0.15, 0.2) is 5.75 Å². The monoisotopic (exact) mass is 323 g/mol. The van der Waals surface area contributed by atoms with E-state index in [2.05, 4.69) is 11.8 Å². The van der Waals surface area contributed by atoms with Crippen molar-refractivity contribution >= 4 is 28.6 Å². The molecule has 1 aromatic carbocycles. The summed E-state index contributed by atoms with van der Waals surface area (Å²) < 4.78 is 5.47. The highest BCUT2D eigenvalue weighted by Crippen LogP contribution is 2.30. The van der Waals surface area contributed by atoms with Crippen LogP contribution < -0.4 is 4.74 Å². The van der Waals surface area contributed by atoms with Gasteiger partial charge >= 0.3 is 5.69 Å². The summed E-state index contributed by atoms with van der Waals surface area (Å²) in [6, 6.07) is 6.08. The number of aliphatic hydroxyl groups is 1. The van der Waals surface area contributed by atoms with Crippen LogP contribution in [0.5, 0.6) is 5.75 Å². The van der Waals surface area contributed by atoms with E-state index in [0.29, 0.717) is 0 Å². The van der Waals surface area contributed by atoms with Crippen molar-refractivity contribution < 1.29 is 14.8 Å². The topological polar surface area (TPSA) is 72.6 Å². The Balaban J connectivity index is 2.09. The van der Waals surface area contributed by atoms with Gasteiger partial charge in [-0.05, 0) is 18.2 Å². The molecular formula is C14H10ClNO4S. The maximum Gasteiger partial charge on any atom is 0.312 e. The number of aliphatic hydroxyl groups excluding tert-OH is 1. The summed E-state index contributed by atoms with van der Waals surface area (Å²) in [4.78, 5) is 11.3. The van der Waals surface area contributed by atoms with E-state index in [9.17, 15) is 10.1 Å². The molecule has 2 rings (SSSR count). The van der Waals surface area contributed by atoms with Gasteiger partial charge in [0.25, 0.3) is 0 Å².